The Kier molecular flexibility index (Phi) is 4.68. The molecule has 2 aliphatic rings. The van der Waals surface area contributed by atoms with Crippen LogP contribution in [0, 0.1) is 11.8 Å². The van der Waals surface area contributed by atoms with Crippen LogP contribution in [0.4, 0.5) is 0 Å². The number of amides is 2. The highest BCUT2D eigenvalue weighted by atomic mass is 16.2. The summed E-state index contributed by atoms with van der Waals surface area (Å²) in [4.78, 5) is 28.4. The van der Waals surface area contributed by atoms with Gasteiger partial charge in [0.15, 0.2) is 0 Å². The number of likely N-dealkylation sites (tertiary alicyclic amines) is 1. The van der Waals surface area contributed by atoms with Crippen LogP contribution in [0.1, 0.15) is 39.0 Å². The summed E-state index contributed by atoms with van der Waals surface area (Å²) in [5.41, 5.74) is 5.97. The number of hydrogen-bond donors (Lipinski definition) is 1. The van der Waals surface area contributed by atoms with Crippen LogP contribution in [0.5, 0.6) is 0 Å². The first-order chi connectivity index (χ1) is 9.41. The normalized spacial score (nSPS) is 34.1. The van der Waals surface area contributed by atoms with Gasteiger partial charge in [-0.1, -0.05) is 6.92 Å². The van der Waals surface area contributed by atoms with Crippen LogP contribution in [0.25, 0.3) is 0 Å². The van der Waals surface area contributed by atoms with Crippen molar-refractivity contribution in [1.29, 1.82) is 0 Å². The highest BCUT2D eigenvalue weighted by molar-refractivity contribution is 5.89. The van der Waals surface area contributed by atoms with Gasteiger partial charge in [-0.15, -0.1) is 0 Å². The standard InChI is InChI=1S/C15H27N3O2/c1-10-9-11(16)6-7-12(10)14(19)18-8-4-5-13(18)15(20)17(2)3/h10-13H,4-9,16H2,1-3H3. The van der Waals surface area contributed by atoms with Crippen molar-refractivity contribution >= 4 is 11.8 Å². The number of hydrogen-bond acceptors (Lipinski definition) is 3. The fraction of sp³-hybridized carbons (Fsp3) is 0.867. The molecule has 5 heteroatoms. The Morgan fingerprint density at radius 3 is 2.50 bits per heavy atom. The van der Waals surface area contributed by atoms with E-state index in [0.29, 0.717) is 5.92 Å². The Morgan fingerprint density at radius 1 is 1.20 bits per heavy atom. The van der Waals surface area contributed by atoms with Gasteiger partial charge in [0.2, 0.25) is 11.8 Å². The number of carbonyl (C=O) groups is 2. The molecule has 4 unspecified atom stereocenters. The van der Waals surface area contributed by atoms with Crippen LogP contribution in [0.3, 0.4) is 0 Å². The van der Waals surface area contributed by atoms with Crippen LogP contribution < -0.4 is 5.73 Å². The SMILES string of the molecule is CC1CC(N)CCC1C(=O)N1CCCC1C(=O)N(C)C. The quantitative estimate of drug-likeness (QED) is 0.815. The molecule has 114 valence electrons. The molecule has 0 bridgehead atoms. The minimum atomic E-state index is -0.250. The highest BCUT2D eigenvalue weighted by Crippen LogP contribution is 2.32. The molecule has 1 aliphatic heterocycles. The van der Waals surface area contributed by atoms with Gasteiger partial charge in [0, 0.05) is 32.6 Å². The van der Waals surface area contributed by atoms with E-state index < -0.39 is 0 Å². The van der Waals surface area contributed by atoms with Crippen molar-refractivity contribution in [3.05, 3.63) is 0 Å². The monoisotopic (exact) mass is 281 g/mol. The summed E-state index contributed by atoms with van der Waals surface area (Å²) in [5, 5.41) is 0. The first-order valence-corrected chi connectivity index (χ1v) is 7.69. The number of likely N-dealkylation sites (N-methyl/N-ethyl adjacent to an activating group) is 1. The third-order valence-corrected chi connectivity index (χ3v) is 4.79. The largest absolute Gasteiger partial charge is 0.347 e. The molecule has 5 nitrogen and oxygen atoms in total. The van der Waals surface area contributed by atoms with Crippen molar-refractivity contribution in [2.45, 2.75) is 51.1 Å². The topological polar surface area (TPSA) is 66.6 Å². The summed E-state index contributed by atoms with van der Waals surface area (Å²) < 4.78 is 0. The summed E-state index contributed by atoms with van der Waals surface area (Å²) in [6.07, 6.45) is 4.41. The molecule has 0 aromatic carbocycles. The Labute approximate surface area is 121 Å². The zero-order chi connectivity index (χ0) is 14.9. The van der Waals surface area contributed by atoms with Gasteiger partial charge in [-0.25, -0.2) is 0 Å². The molecule has 2 N–H and O–H groups in total. The number of rotatable bonds is 2. The molecule has 0 radical (unpaired) electrons. The van der Waals surface area contributed by atoms with Crippen molar-refractivity contribution in [1.82, 2.24) is 9.80 Å². The van der Waals surface area contributed by atoms with Gasteiger partial charge in [0.05, 0.1) is 0 Å². The summed E-state index contributed by atoms with van der Waals surface area (Å²) in [6.45, 7) is 2.83. The van der Waals surface area contributed by atoms with Gasteiger partial charge in [-0.3, -0.25) is 9.59 Å². The van der Waals surface area contributed by atoms with Gasteiger partial charge in [-0.2, -0.15) is 0 Å². The van der Waals surface area contributed by atoms with Crippen LogP contribution in [-0.4, -0.2) is 54.3 Å². The van der Waals surface area contributed by atoms with Crippen molar-refractivity contribution in [3.8, 4) is 0 Å². The molecule has 0 spiro atoms. The Morgan fingerprint density at radius 2 is 1.90 bits per heavy atom. The number of nitrogens with zero attached hydrogens (tertiary/aromatic N) is 2. The van der Waals surface area contributed by atoms with E-state index in [0.717, 1.165) is 38.6 Å². The van der Waals surface area contributed by atoms with E-state index in [1.165, 1.54) is 0 Å². The summed E-state index contributed by atoms with van der Waals surface area (Å²) in [7, 11) is 3.51. The van der Waals surface area contributed by atoms with Gasteiger partial charge < -0.3 is 15.5 Å². The minimum Gasteiger partial charge on any atom is -0.347 e. The van der Waals surface area contributed by atoms with E-state index in [1.54, 1.807) is 19.0 Å². The maximum Gasteiger partial charge on any atom is 0.244 e. The lowest BCUT2D eigenvalue weighted by molar-refractivity contribution is -0.146. The summed E-state index contributed by atoms with van der Waals surface area (Å²) >= 11 is 0. The van der Waals surface area contributed by atoms with Crippen molar-refractivity contribution in [2.75, 3.05) is 20.6 Å². The van der Waals surface area contributed by atoms with E-state index in [4.69, 9.17) is 5.73 Å². The van der Waals surface area contributed by atoms with Gasteiger partial charge in [0.1, 0.15) is 6.04 Å². The van der Waals surface area contributed by atoms with Crippen LogP contribution in [0.15, 0.2) is 0 Å². The average Bonchev–Trinajstić information content (AvgIpc) is 2.86. The van der Waals surface area contributed by atoms with Crippen LogP contribution >= 0.6 is 0 Å². The molecule has 1 heterocycles. The van der Waals surface area contributed by atoms with E-state index in [1.807, 2.05) is 4.90 Å². The second-order valence-electron chi connectivity index (χ2n) is 6.58. The number of nitrogens with two attached hydrogens (primary N) is 1. The third kappa shape index (κ3) is 2.97. The fourth-order valence-corrected chi connectivity index (χ4v) is 3.60. The van der Waals surface area contributed by atoms with E-state index >= 15 is 0 Å². The highest BCUT2D eigenvalue weighted by Gasteiger charge is 2.40. The molecule has 1 aliphatic carbocycles. The van der Waals surface area contributed by atoms with Gasteiger partial charge >= 0.3 is 0 Å². The fourth-order valence-electron chi connectivity index (χ4n) is 3.60. The summed E-state index contributed by atoms with van der Waals surface area (Å²) in [5.74, 6) is 0.588. The van der Waals surface area contributed by atoms with E-state index in [-0.39, 0.29) is 29.8 Å². The molecule has 1 saturated heterocycles. The average molecular weight is 281 g/mol. The number of carbonyl (C=O) groups excluding carboxylic acids is 2. The zero-order valence-corrected chi connectivity index (χ0v) is 12.8. The van der Waals surface area contributed by atoms with E-state index in [9.17, 15) is 9.59 Å². The molecule has 2 fully saturated rings. The lowest BCUT2D eigenvalue weighted by Gasteiger charge is -2.36. The lowest BCUT2D eigenvalue weighted by Crippen LogP contribution is -2.49. The zero-order valence-electron chi connectivity index (χ0n) is 12.8. The lowest BCUT2D eigenvalue weighted by atomic mass is 9.77. The predicted molar refractivity (Wildman–Crippen MR) is 77.9 cm³/mol. The van der Waals surface area contributed by atoms with Crippen molar-refractivity contribution in [2.24, 2.45) is 17.6 Å². The molecule has 1 saturated carbocycles. The second-order valence-corrected chi connectivity index (χ2v) is 6.58. The maximum absolute atomic E-state index is 12.8. The van der Waals surface area contributed by atoms with Crippen molar-refractivity contribution < 1.29 is 9.59 Å². The second kappa shape index (κ2) is 6.12. The first kappa shape index (κ1) is 15.3. The third-order valence-electron chi connectivity index (χ3n) is 4.79. The van der Waals surface area contributed by atoms with Crippen LogP contribution in [-0.2, 0) is 9.59 Å². The molecular formula is C15H27N3O2. The molecule has 4 atom stereocenters. The van der Waals surface area contributed by atoms with E-state index in [2.05, 4.69) is 6.92 Å². The van der Waals surface area contributed by atoms with Crippen molar-refractivity contribution in [3.63, 3.8) is 0 Å². The molecule has 2 amide bonds. The smallest absolute Gasteiger partial charge is 0.244 e. The first-order valence-electron chi connectivity index (χ1n) is 7.69. The molecule has 2 rings (SSSR count). The molecular weight excluding hydrogens is 254 g/mol. The van der Waals surface area contributed by atoms with Gasteiger partial charge in [-0.05, 0) is 38.0 Å². The maximum atomic E-state index is 12.8. The van der Waals surface area contributed by atoms with Gasteiger partial charge in [0.25, 0.3) is 0 Å². The predicted octanol–water partition coefficient (Wildman–Crippen LogP) is 0.829. The molecule has 0 aromatic heterocycles. The Hall–Kier alpha value is -1.10. The summed E-state index contributed by atoms with van der Waals surface area (Å²) in [6, 6.07) is -0.0212. The Balaban J connectivity index is 2.06. The molecule has 0 aromatic rings. The minimum absolute atomic E-state index is 0.0466. The van der Waals surface area contributed by atoms with Crippen LogP contribution in [0.2, 0.25) is 0 Å². The molecule has 20 heavy (non-hydrogen) atoms. The Bertz CT molecular complexity index is 383.